The molecule has 0 aromatic carbocycles. The van der Waals surface area contributed by atoms with Gasteiger partial charge in [-0.3, -0.25) is 18.7 Å². The van der Waals surface area contributed by atoms with Gasteiger partial charge in [-0.25, -0.2) is 9.78 Å². The van der Waals surface area contributed by atoms with E-state index in [4.69, 9.17) is 5.11 Å². The highest BCUT2D eigenvalue weighted by Crippen LogP contribution is 2.10. The van der Waals surface area contributed by atoms with Gasteiger partial charge in [0.15, 0.2) is 11.2 Å². The van der Waals surface area contributed by atoms with Crippen LogP contribution in [0, 0.1) is 5.92 Å². The molecule has 2 aromatic heterocycles. The summed E-state index contributed by atoms with van der Waals surface area (Å²) in [5.74, 6) is -1.47. The Kier molecular flexibility index (Phi) is 5.02. The number of carboxylic acid groups (broad SMARTS) is 1. The van der Waals surface area contributed by atoms with Crippen molar-refractivity contribution < 1.29 is 9.90 Å². The number of fused-ring (bicyclic) bond motifs is 1. The lowest BCUT2D eigenvalue weighted by atomic mass is 10.0. The molecule has 0 radical (unpaired) electrons. The lowest BCUT2D eigenvalue weighted by Crippen LogP contribution is -2.41. The molecule has 0 bridgehead atoms. The van der Waals surface area contributed by atoms with Crippen molar-refractivity contribution in [1.29, 1.82) is 0 Å². The van der Waals surface area contributed by atoms with E-state index >= 15 is 0 Å². The van der Waals surface area contributed by atoms with Crippen LogP contribution in [0.3, 0.4) is 0 Å². The molecule has 8 nitrogen and oxygen atoms in total. The van der Waals surface area contributed by atoms with Gasteiger partial charge in [0.2, 0.25) is 0 Å². The molecule has 0 aliphatic carbocycles. The van der Waals surface area contributed by atoms with Gasteiger partial charge in [0, 0.05) is 20.1 Å². The molecular formula is C15H22N4O4. The summed E-state index contributed by atoms with van der Waals surface area (Å²) < 4.78 is 4.21. The third kappa shape index (κ3) is 3.06. The number of carboxylic acids is 1. The lowest BCUT2D eigenvalue weighted by molar-refractivity contribution is -0.142. The van der Waals surface area contributed by atoms with E-state index in [1.54, 1.807) is 18.5 Å². The predicted octanol–water partition coefficient (Wildman–Crippen LogP) is 0.808. The molecule has 1 unspecified atom stereocenters. The molecule has 2 rings (SSSR count). The summed E-state index contributed by atoms with van der Waals surface area (Å²) in [5, 5.41) is 9.13. The Bertz CT molecular complexity index is 830. The smallest absolute Gasteiger partial charge is 0.332 e. The van der Waals surface area contributed by atoms with Crippen LogP contribution in [0.5, 0.6) is 0 Å². The van der Waals surface area contributed by atoms with Crippen LogP contribution >= 0.6 is 0 Å². The monoisotopic (exact) mass is 322 g/mol. The van der Waals surface area contributed by atoms with Crippen LogP contribution in [0.2, 0.25) is 0 Å². The molecule has 0 aliphatic rings. The number of aryl methyl sites for hydroxylation is 2. The van der Waals surface area contributed by atoms with Crippen molar-refractivity contribution in [1.82, 2.24) is 18.7 Å². The predicted molar refractivity (Wildman–Crippen MR) is 85.6 cm³/mol. The van der Waals surface area contributed by atoms with Gasteiger partial charge in [0.05, 0.1) is 12.2 Å². The standard InChI is InChI=1S/C15H22N4O4/c1-4-7-18-12-11(17(3)9-16-12)13(20)19(15(18)23)8-6-10(5-2)14(21)22/h9-10H,4-8H2,1-3H3,(H,21,22). The van der Waals surface area contributed by atoms with Gasteiger partial charge in [-0.15, -0.1) is 0 Å². The maximum atomic E-state index is 12.6. The summed E-state index contributed by atoms with van der Waals surface area (Å²) in [6, 6.07) is 0. The first kappa shape index (κ1) is 17.0. The van der Waals surface area contributed by atoms with Crippen LogP contribution in [0.4, 0.5) is 0 Å². The number of rotatable bonds is 7. The summed E-state index contributed by atoms with van der Waals surface area (Å²) in [7, 11) is 1.70. The van der Waals surface area contributed by atoms with Crippen molar-refractivity contribution in [2.24, 2.45) is 13.0 Å². The van der Waals surface area contributed by atoms with Crippen molar-refractivity contribution in [3.8, 4) is 0 Å². The number of nitrogens with zero attached hydrogens (tertiary/aromatic N) is 4. The van der Waals surface area contributed by atoms with Gasteiger partial charge in [0.25, 0.3) is 5.56 Å². The van der Waals surface area contributed by atoms with Gasteiger partial charge in [0.1, 0.15) is 0 Å². The summed E-state index contributed by atoms with van der Waals surface area (Å²) in [6.07, 6.45) is 2.95. The zero-order chi connectivity index (χ0) is 17.1. The Morgan fingerprint density at radius 3 is 2.52 bits per heavy atom. The molecular weight excluding hydrogens is 300 g/mol. The fraction of sp³-hybridized carbons (Fsp3) is 0.600. The minimum atomic E-state index is -0.906. The third-order valence-corrected chi connectivity index (χ3v) is 4.07. The zero-order valence-electron chi connectivity index (χ0n) is 13.7. The Hall–Kier alpha value is -2.38. The molecule has 2 heterocycles. The minimum Gasteiger partial charge on any atom is -0.481 e. The van der Waals surface area contributed by atoms with E-state index in [0.29, 0.717) is 24.1 Å². The highest BCUT2D eigenvalue weighted by Gasteiger charge is 2.19. The van der Waals surface area contributed by atoms with Crippen LogP contribution in [-0.2, 0) is 24.9 Å². The minimum absolute atomic E-state index is 0.0906. The summed E-state index contributed by atoms with van der Waals surface area (Å²) in [4.78, 5) is 40.5. The Morgan fingerprint density at radius 2 is 1.96 bits per heavy atom. The number of hydrogen-bond donors (Lipinski definition) is 1. The topological polar surface area (TPSA) is 99.1 Å². The maximum Gasteiger partial charge on any atom is 0.332 e. The van der Waals surface area contributed by atoms with Crippen molar-refractivity contribution in [3.05, 3.63) is 27.2 Å². The molecule has 0 aliphatic heterocycles. The molecule has 0 fully saturated rings. The Balaban J connectivity index is 2.55. The first-order valence-corrected chi connectivity index (χ1v) is 7.79. The third-order valence-electron chi connectivity index (χ3n) is 4.07. The Labute approximate surface area is 133 Å². The lowest BCUT2D eigenvalue weighted by Gasteiger charge is -2.13. The molecule has 1 N–H and O–H groups in total. The van der Waals surface area contributed by atoms with E-state index in [1.807, 2.05) is 6.92 Å². The Morgan fingerprint density at radius 1 is 1.26 bits per heavy atom. The van der Waals surface area contributed by atoms with Crippen LogP contribution in [0.25, 0.3) is 11.2 Å². The van der Waals surface area contributed by atoms with E-state index in [2.05, 4.69) is 4.98 Å². The number of aliphatic carboxylic acids is 1. The van der Waals surface area contributed by atoms with Crippen molar-refractivity contribution in [2.75, 3.05) is 0 Å². The highest BCUT2D eigenvalue weighted by molar-refractivity contribution is 5.70. The second kappa shape index (κ2) is 6.80. The average Bonchev–Trinajstić information content (AvgIpc) is 2.88. The van der Waals surface area contributed by atoms with Gasteiger partial charge in [-0.1, -0.05) is 13.8 Å². The number of aromatic nitrogens is 4. The molecule has 0 saturated heterocycles. The molecule has 0 saturated carbocycles. The van der Waals surface area contributed by atoms with E-state index in [1.165, 1.54) is 10.9 Å². The van der Waals surface area contributed by atoms with Gasteiger partial charge < -0.3 is 9.67 Å². The van der Waals surface area contributed by atoms with Crippen molar-refractivity contribution in [2.45, 2.75) is 46.2 Å². The number of imidazole rings is 1. The first-order chi connectivity index (χ1) is 10.9. The summed E-state index contributed by atoms with van der Waals surface area (Å²) >= 11 is 0. The highest BCUT2D eigenvalue weighted by atomic mass is 16.4. The van der Waals surface area contributed by atoms with Crippen LogP contribution in [-0.4, -0.2) is 29.8 Å². The maximum absolute atomic E-state index is 12.6. The fourth-order valence-electron chi connectivity index (χ4n) is 2.72. The normalized spacial score (nSPS) is 12.7. The van der Waals surface area contributed by atoms with E-state index in [-0.39, 0.29) is 13.0 Å². The molecule has 0 spiro atoms. The van der Waals surface area contributed by atoms with Crippen molar-refractivity contribution >= 4 is 17.1 Å². The van der Waals surface area contributed by atoms with Crippen LogP contribution in [0.1, 0.15) is 33.1 Å². The molecule has 23 heavy (non-hydrogen) atoms. The SMILES string of the molecule is CCCn1c(=O)n(CCC(CC)C(=O)O)c(=O)c2c1ncn2C. The number of hydrogen-bond acceptors (Lipinski definition) is 4. The number of carbonyl (C=O) groups is 1. The first-order valence-electron chi connectivity index (χ1n) is 7.79. The fourth-order valence-corrected chi connectivity index (χ4v) is 2.72. The van der Waals surface area contributed by atoms with E-state index < -0.39 is 23.1 Å². The molecule has 0 amide bonds. The largest absolute Gasteiger partial charge is 0.481 e. The van der Waals surface area contributed by atoms with Gasteiger partial charge in [-0.2, -0.15) is 0 Å². The average molecular weight is 322 g/mol. The molecule has 126 valence electrons. The van der Waals surface area contributed by atoms with Gasteiger partial charge in [-0.05, 0) is 19.3 Å². The molecule has 2 aromatic rings. The van der Waals surface area contributed by atoms with Crippen LogP contribution < -0.4 is 11.2 Å². The van der Waals surface area contributed by atoms with Crippen molar-refractivity contribution in [3.63, 3.8) is 0 Å². The zero-order valence-corrected chi connectivity index (χ0v) is 13.7. The second-order valence-electron chi connectivity index (χ2n) is 5.65. The molecule has 8 heteroatoms. The second-order valence-corrected chi connectivity index (χ2v) is 5.65. The quantitative estimate of drug-likeness (QED) is 0.813. The van der Waals surface area contributed by atoms with Gasteiger partial charge >= 0.3 is 11.7 Å². The van der Waals surface area contributed by atoms with E-state index in [9.17, 15) is 14.4 Å². The summed E-state index contributed by atoms with van der Waals surface area (Å²) in [5.41, 5.74) is -0.104. The van der Waals surface area contributed by atoms with Crippen LogP contribution in [0.15, 0.2) is 15.9 Å². The van der Waals surface area contributed by atoms with E-state index in [0.717, 1.165) is 11.0 Å². The molecule has 1 atom stereocenters. The summed E-state index contributed by atoms with van der Waals surface area (Å²) in [6.45, 7) is 4.27.